The van der Waals surface area contributed by atoms with E-state index in [0.717, 1.165) is 55.4 Å². The second kappa shape index (κ2) is 9.62. The molecular weight excluding hydrogens is 460 g/mol. The van der Waals surface area contributed by atoms with Gasteiger partial charge in [-0.05, 0) is 69.2 Å². The first kappa shape index (κ1) is 22.7. The zero-order chi connectivity index (χ0) is 23.7. The molecule has 0 saturated heterocycles. The first-order valence-electron chi connectivity index (χ1n) is 11.3. The number of carbonyl (C=O) groups is 1. The van der Waals surface area contributed by atoms with Crippen LogP contribution in [0.1, 0.15) is 22.3 Å². The van der Waals surface area contributed by atoms with E-state index in [1.165, 1.54) is 0 Å². The number of anilines is 1. The average Bonchev–Trinajstić information content (AvgIpc) is 3.52. The number of carbonyl (C=O) groups excluding carboxylic acids is 1. The van der Waals surface area contributed by atoms with Gasteiger partial charge in [-0.2, -0.15) is 0 Å². The number of rotatable bonds is 7. The highest BCUT2D eigenvalue weighted by Gasteiger charge is 2.24. The van der Waals surface area contributed by atoms with Crippen molar-refractivity contribution in [2.75, 3.05) is 32.1 Å². The van der Waals surface area contributed by atoms with E-state index in [2.05, 4.69) is 38.1 Å². The molecule has 0 radical (unpaired) electrons. The number of nitrogens with zero attached hydrogens (tertiary/aromatic N) is 4. The quantitative estimate of drug-likeness (QED) is 0.264. The number of fused-ring (bicyclic) bond motifs is 2. The third kappa shape index (κ3) is 4.46. The molecule has 3 aromatic heterocycles. The van der Waals surface area contributed by atoms with Crippen molar-refractivity contribution < 1.29 is 4.79 Å². The molecule has 3 heterocycles. The number of hydrogen-bond acceptors (Lipinski definition) is 6. The van der Waals surface area contributed by atoms with E-state index in [-0.39, 0.29) is 5.91 Å². The van der Waals surface area contributed by atoms with Gasteiger partial charge in [0.05, 0.1) is 31.9 Å². The zero-order valence-corrected chi connectivity index (χ0v) is 21.1. The summed E-state index contributed by atoms with van der Waals surface area (Å²) in [6, 6.07) is 20.0. The number of thiazole rings is 1. The van der Waals surface area contributed by atoms with Crippen LogP contribution < -0.4 is 4.90 Å². The lowest BCUT2D eigenvalue weighted by Gasteiger charge is -2.22. The summed E-state index contributed by atoms with van der Waals surface area (Å²) in [7, 11) is 4.10. The first-order chi connectivity index (χ1) is 16.5. The summed E-state index contributed by atoms with van der Waals surface area (Å²) >= 11 is 3.20. The van der Waals surface area contributed by atoms with E-state index in [4.69, 9.17) is 9.97 Å². The van der Waals surface area contributed by atoms with Crippen LogP contribution in [-0.2, 0) is 0 Å². The summed E-state index contributed by atoms with van der Waals surface area (Å²) in [5, 5.41) is 3.64. The number of aryl methyl sites for hydroxylation is 1. The number of thiophene rings is 1. The fourth-order valence-electron chi connectivity index (χ4n) is 4.07. The largest absolute Gasteiger partial charge is 0.309 e. The van der Waals surface area contributed by atoms with Crippen LogP contribution in [0.15, 0.2) is 66.0 Å². The number of benzene rings is 2. The molecule has 7 heteroatoms. The Bertz CT molecular complexity index is 1460. The molecule has 0 aliphatic rings. The van der Waals surface area contributed by atoms with Crippen molar-refractivity contribution in [1.82, 2.24) is 14.9 Å². The lowest BCUT2D eigenvalue weighted by atomic mass is 10.1. The van der Waals surface area contributed by atoms with Gasteiger partial charge < -0.3 is 4.90 Å². The molecule has 0 unspecified atom stereocenters. The van der Waals surface area contributed by atoms with E-state index in [0.29, 0.717) is 12.1 Å². The maximum absolute atomic E-state index is 14.2. The molecule has 0 fully saturated rings. The Kier molecular flexibility index (Phi) is 6.41. The SMILES string of the molecule is Cc1cccc2sc(N(CCCN(C)C)C(=O)c3cc(-c4cccs4)nc4ccccc34)nc12. The van der Waals surface area contributed by atoms with E-state index >= 15 is 0 Å². The van der Waals surface area contributed by atoms with Gasteiger partial charge in [0.1, 0.15) is 0 Å². The number of aromatic nitrogens is 2. The topological polar surface area (TPSA) is 49.3 Å². The van der Waals surface area contributed by atoms with E-state index in [9.17, 15) is 4.79 Å². The van der Waals surface area contributed by atoms with Crippen molar-refractivity contribution in [3.8, 4) is 10.6 Å². The maximum atomic E-state index is 14.2. The van der Waals surface area contributed by atoms with E-state index in [1.54, 1.807) is 22.7 Å². The molecule has 0 aliphatic carbocycles. The molecule has 1 amide bonds. The number of amides is 1. The Morgan fingerprint density at radius 3 is 2.59 bits per heavy atom. The Hall–Kier alpha value is -3.13. The van der Waals surface area contributed by atoms with Gasteiger partial charge in [0.15, 0.2) is 5.13 Å². The number of hydrogen-bond donors (Lipinski definition) is 0. The fourth-order valence-corrected chi connectivity index (χ4v) is 5.82. The van der Waals surface area contributed by atoms with Gasteiger partial charge in [0.25, 0.3) is 5.91 Å². The summed E-state index contributed by atoms with van der Waals surface area (Å²) in [6.45, 7) is 3.56. The molecule has 0 atom stereocenters. The van der Waals surface area contributed by atoms with Crippen LogP contribution in [-0.4, -0.2) is 48.0 Å². The molecule has 34 heavy (non-hydrogen) atoms. The van der Waals surface area contributed by atoms with Crippen molar-refractivity contribution >= 4 is 54.8 Å². The Balaban J connectivity index is 1.62. The van der Waals surface area contributed by atoms with Crippen LogP contribution in [0.25, 0.3) is 31.7 Å². The van der Waals surface area contributed by atoms with Gasteiger partial charge in [0.2, 0.25) is 0 Å². The minimum Gasteiger partial charge on any atom is -0.309 e. The minimum atomic E-state index is -0.0353. The lowest BCUT2D eigenvalue weighted by molar-refractivity contribution is 0.0987. The average molecular weight is 487 g/mol. The van der Waals surface area contributed by atoms with Gasteiger partial charge >= 0.3 is 0 Å². The van der Waals surface area contributed by atoms with Gasteiger partial charge in [-0.1, -0.05) is 47.7 Å². The normalized spacial score (nSPS) is 11.5. The minimum absolute atomic E-state index is 0.0353. The molecule has 0 bridgehead atoms. The molecule has 5 aromatic rings. The standard InChI is InChI=1S/C27H26N4OS2/c1-18-9-6-12-24-25(18)29-27(34-24)31(15-8-14-30(2)3)26(32)20-17-22(23-13-7-16-33-23)28-21-11-5-4-10-19(20)21/h4-7,9-13,16-17H,8,14-15H2,1-3H3. The smallest absolute Gasteiger partial charge is 0.260 e. The maximum Gasteiger partial charge on any atom is 0.260 e. The monoisotopic (exact) mass is 486 g/mol. The van der Waals surface area contributed by atoms with Gasteiger partial charge in [-0.25, -0.2) is 9.97 Å². The molecule has 5 rings (SSSR count). The van der Waals surface area contributed by atoms with Gasteiger partial charge in [0, 0.05) is 11.9 Å². The van der Waals surface area contributed by atoms with Crippen LogP contribution in [0.4, 0.5) is 5.13 Å². The van der Waals surface area contributed by atoms with E-state index in [1.807, 2.05) is 58.8 Å². The van der Waals surface area contributed by atoms with Crippen molar-refractivity contribution in [2.45, 2.75) is 13.3 Å². The Labute approximate surface area is 207 Å². The molecule has 5 nitrogen and oxygen atoms in total. The predicted octanol–water partition coefficient (Wildman–Crippen LogP) is 6.48. The van der Waals surface area contributed by atoms with E-state index < -0.39 is 0 Å². The summed E-state index contributed by atoms with van der Waals surface area (Å²) in [4.78, 5) is 29.0. The highest BCUT2D eigenvalue weighted by Crippen LogP contribution is 2.33. The van der Waals surface area contributed by atoms with Crippen LogP contribution in [0.2, 0.25) is 0 Å². The summed E-state index contributed by atoms with van der Waals surface area (Å²) in [6.07, 6.45) is 0.856. The highest BCUT2D eigenvalue weighted by atomic mass is 32.1. The third-order valence-corrected chi connectivity index (χ3v) is 7.73. The molecular formula is C27H26N4OS2. The first-order valence-corrected chi connectivity index (χ1v) is 13.0. The number of para-hydroxylation sites is 2. The molecule has 0 spiro atoms. The third-order valence-electron chi connectivity index (χ3n) is 5.79. The second-order valence-electron chi connectivity index (χ2n) is 8.58. The highest BCUT2D eigenvalue weighted by molar-refractivity contribution is 7.22. The molecule has 0 saturated carbocycles. The van der Waals surface area contributed by atoms with Crippen molar-refractivity contribution in [2.24, 2.45) is 0 Å². The van der Waals surface area contributed by atoms with Crippen molar-refractivity contribution in [1.29, 1.82) is 0 Å². The Morgan fingerprint density at radius 1 is 0.971 bits per heavy atom. The van der Waals surface area contributed by atoms with Gasteiger partial charge in [-0.15, -0.1) is 11.3 Å². The lowest BCUT2D eigenvalue weighted by Crippen LogP contribution is -2.33. The summed E-state index contributed by atoms with van der Waals surface area (Å²) in [5.41, 5.74) is 4.40. The molecule has 0 aliphatic heterocycles. The van der Waals surface area contributed by atoms with Crippen molar-refractivity contribution in [3.63, 3.8) is 0 Å². The summed E-state index contributed by atoms with van der Waals surface area (Å²) < 4.78 is 1.10. The molecule has 2 aromatic carbocycles. The van der Waals surface area contributed by atoms with Crippen LogP contribution in [0.5, 0.6) is 0 Å². The fraction of sp³-hybridized carbons (Fsp3) is 0.222. The molecule has 172 valence electrons. The summed E-state index contributed by atoms with van der Waals surface area (Å²) in [5.74, 6) is -0.0353. The molecule has 0 N–H and O–H groups in total. The van der Waals surface area contributed by atoms with Crippen LogP contribution in [0, 0.1) is 6.92 Å². The number of pyridine rings is 1. The Morgan fingerprint density at radius 2 is 1.82 bits per heavy atom. The van der Waals surface area contributed by atoms with Crippen molar-refractivity contribution in [3.05, 3.63) is 77.2 Å². The predicted molar refractivity (Wildman–Crippen MR) is 144 cm³/mol. The van der Waals surface area contributed by atoms with Gasteiger partial charge in [-0.3, -0.25) is 9.69 Å². The second-order valence-corrected chi connectivity index (χ2v) is 10.5. The zero-order valence-electron chi connectivity index (χ0n) is 19.5. The van der Waals surface area contributed by atoms with Crippen LogP contribution in [0.3, 0.4) is 0 Å². The van der Waals surface area contributed by atoms with Crippen LogP contribution >= 0.6 is 22.7 Å².